The van der Waals surface area contributed by atoms with Crippen molar-refractivity contribution in [1.82, 2.24) is 9.80 Å². The van der Waals surface area contributed by atoms with Crippen molar-refractivity contribution in [3.8, 4) is 0 Å². The van der Waals surface area contributed by atoms with Crippen molar-refractivity contribution in [2.45, 2.75) is 50.1 Å². The minimum absolute atomic E-state index is 0.372. The van der Waals surface area contributed by atoms with E-state index in [2.05, 4.69) is 23.9 Å². The average molecular weight is 225 g/mol. The molecule has 1 aliphatic heterocycles. The number of piperidine rings is 1. The van der Waals surface area contributed by atoms with E-state index in [4.69, 9.17) is 5.73 Å². The summed E-state index contributed by atoms with van der Waals surface area (Å²) in [6.07, 6.45) is 8.05. The van der Waals surface area contributed by atoms with Crippen LogP contribution >= 0.6 is 0 Å². The van der Waals surface area contributed by atoms with Crippen LogP contribution in [0.4, 0.5) is 0 Å². The lowest BCUT2D eigenvalue weighted by atomic mass is 9.91. The zero-order chi connectivity index (χ0) is 11.6. The molecule has 0 aromatic heterocycles. The van der Waals surface area contributed by atoms with E-state index in [1.165, 1.54) is 51.6 Å². The Bertz CT molecular complexity index is 213. The molecule has 0 atom stereocenters. The predicted octanol–water partition coefficient (Wildman–Crippen LogP) is 1.28. The Kier molecular flexibility index (Phi) is 3.88. The van der Waals surface area contributed by atoms with Crippen LogP contribution in [0, 0.1) is 0 Å². The summed E-state index contributed by atoms with van der Waals surface area (Å²) < 4.78 is 0. The van der Waals surface area contributed by atoms with Crippen LogP contribution in [0.25, 0.3) is 0 Å². The Morgan fingerprint density at radius 2 is 1.75 bits per heavy atom. The quantitative estimate of drug-likeness (QED) is 0.785. The number of hydrogen-bond donors (Lipinski definition) is 1. The Hall–Kier alpha value is -0.120. The highest BCUT2D eigenvalue weighted by molar-refractivity contribution is 4.97. The second-order valence-corrected chi connectivity index (χ2v) is 5.82. The first-order valence-corrected chi connectivity index (χ1v) is 6.79. The molecule has 16 heavy (non-hydrogen) atoms. The number of nitrogens with two attached hydrogens (primary N) is 1. The van der Waals surface area contributed by atoms with E-state index in [9.17, 15) is 0 Å². The van der Waals surface area contributed by atoms with Gasteiger partial charge in [0.2, 0.25) is 0 Å². The van der Waals surface area contributed by atoms with Crippen LogP contribution in [0.15, 0.2) is 0 Å². The van der Waals surface area contributed by atoms with E-state index in [1.807, 2.05) is 0 Å². The fourth-order valence-electron chi connectivity index (χ4n) is 3.54. The van der Waals surface area contributed by atoms with E-state index in [1.54, 1.807) is 0 Å². The molecule has 2 fully saturated rings. The van der Waals surface area contributed by atoms with Gasteiger partial charge in [0.05, 0.1) is 0 Å². The summed E-state index contributed by atoms with van der Waals surface area (Å²) in [4.78, 5) is 5.07. The van der Waals surface area contributed by atoms with Crippen molar-refractivity contribution >= 4 is 0 Å². The summed E-state index contributed by atoms with van der Waals surface area (Å²) in [7, 11) is 4.41. The second kappa shape index (κ2) is 5.03. The van der Waals surface area contributed by atoms with Gasteiger partial charge in [0.25, 0.3) is 0 Å². The summed E-state index contributed by atoms with van der Waals surface area (Å²) in [5, 5.41) is 0. The molecular formula is C13H27N3. The normalized spacial score (nSPS) is 27.8. The topological polar surface area (TPSA) is 32.5 Å². The van der Waals surface area contributed by atoms with Crippen molar-refractivity contribution in [1.29, 1.82) is 0 Å². The Balaban J connectivity index is 1.92. The average Bonchev–Trinajstić information content (AvgIpc) is 2.79. The van der Waals surface area contributed by atoms with E-state index >= 15 is 0 Å². The van der Waals surface area contributed by atoms with E-state index in [0.29, 0.717) is 5.54 Å². The van der Waals surface area contributed by atoms with Gasteiger partial charge in [-0.05, 0) is 39.8 Å². The SMILES string of the molecule is CN(C)C1CCN(C2(CN)CCCC2)CC1. The van der Waals surface area contributed by atoms with Crippen molar-refractivity contribution in [3.05, 3.63) is 0 Å². The standard InChI is InChI=1S/C13H27N3/c1-15(2)12-5-9-16(10-6-12)13(11-14)7-3-4-8-13/h12H,3-11,14H2,1-2H3. The Morgan fingerprint density at radius 3 is 2.19 bits per heavy atom. The molecule has 0 amide bonds. The molecule has 0 radical (unpaired) electrons. The van der Waals surface area contributed by atoms with Gasteiger partial charge in [-0.3, -0.25) is 4.90 Å². The lowest BCUT2D eigenvalue weighted by Gasteiger charge is -2.45. The van der Waals surface area contributed by atoms with Gasteiger partial charge in [0.15, 0.2) is 0 Å². The monoisotopic (exact) mass is 225 g/mol. The zero-order valence-corrected chi connectivity index (χ0v) is 10.9. The summed E-state index contributed by atoms with van der Waals surface area (Å²) in [5.74, 6) is 0. The van der Waals surface area contributed by atoms with Crippen LogP contribution in [0.1, 0.15) is 38.5 Å². The molecule has 0 aromatic rings. The summed E-state index contributed by atoms with van der Waals surface area (Å²) in [6.45, 7) is 3.36. The molecular weight excluding hydrogens is 198 g/mol. The highest BCUT2D eigenvalue weighted by atomic mass is 15.2. The molecule has 0 aromatic carbocycles. The van der Waals surface area contributed by atoms with Gasteiger partial charge in [-0.15, -0.1) is 0 Å². The fourth-order valence-corrected chi connectivity index (χ4v) is 3.54. The van der Waals surface area contributed by atoms with Gasteiger partial charge in [0, 0.05) is 31.2 Å². The summed E-state index contributed by atoms with van der Waals surface area (Å²) >= 11 is 0. The number of hydrogen-bond acceptors (Lipinski definition) is 3. The maximum absolute atomic E-state index is 6.04. The van der Waals surface area contributed by atoms with Gasteiger partial charge < -0.3 is 10.6 Å². The third kappa shape index (κ3) is 2.27. The molecule has 2 aliphatic rings. The van der Waals surface area contributed by atoms with Crippen LogP contribution < -0.4 is 5.73 Å². The second-order valence-electron chi connectivity index (χ2n) is 5.82. The molecule has 2 N–H and O–H groups in total. The van der Waals surface area contributed by atoms with Crippen LogP contribution in [0.3, 0.4) is 0 Å². The van der Waals surface area contributed by atoms with E-state index in [-0.39, 0.29) is 0 Å². The van der Waals surface area contributed by atoms with Crippen LogP contribution in [-0.2, 0) is 0 Å². The van der Waals surface area contributed by atoms with Crippen molar-refractivity contribution in [2.24, 2.45) is 5.73 Å². The van der Waals surface area contributed by atoms with E-state index in [0.717, 1.165) is 12.6 Å². The van der Waals surface area contributed by atoms with Crippen LogP contribution in [-0.4, -0.2) is 55.1 Å². The van der Waals surface area contributed by atoms with Crippen LogP contribution in [0.2, 0.25) is 0 Å². The molecule has 0 unspecified atom stereocenters. The zero-order valence-electron chi connectivity index (χ0n) is 10.9. The molecule has 1 saturated heterocycles. The van der Waals surface area contributed by atoms with Gasteiger partial charge in [-0.1, -0.05) is 12.8 Å². The van der Waals surface area contributed by atoms with Gasteiger partial charge in [-0.25, -0.2) is 0 Å². The van der Waals surface area contributed by atoms with Crippen molar-refractivity contribution < 1.29 is 0 Å². The third-order valence-corrected chi connectivity index (χ3v) is 4.78. The Labute approximate surface area is 100.0 Å². The first-order valence-electron chi connectivity index (χ1n) is 6.79. The first kappa shape index (κ1) is 12.3. The minimum atomic E-state index is 0.372. The smallest absolute Gasteiger partial charge is 0.0331 e. The lowest BCUT2D eigenvalue weighted by Crippen LogP contribution is -2.56. The molecule has 0 spiro atoms. The minimum Gasteiger partial charge on any atom is -0.329 e. The maximum Gasteiger partial charge on any atom is 0.0331 e. The number of nitrogens with zero attached hydrogens (tertiary/aromatic N) is 2. The molecule has 1 saturated carbocycles. The third-order valence-electron chi connectivity index (χ3n) is 4.78. The molecule has 3 heteroatoms. The van der Waals surface area contributed by atoms with Crippen LogP contribution in [0.5, 0.6) is 0 Å². The lowest BCUT2D eigenvalue weighted by molar-refractivity contribution is 0.0487. The largest absolute Gasteiger partial charge is 0.329 e. The molecule has 1 heterocycles. The highest BCUT2D eigenvalue weighted by Gasteiger charge is 2.39. The van der Waals surface area contributed by atoms with Crippen molar-refractivity contribution in [3.63, 3.8) is 0 Å². The van der Waals surface area contributed by atoms with Gasteiger partial charge in [0.1, 0.15) is 0 Å². The molecule has 2 rings (SSSR count). The highest BCUT2D eigenvalue weighted by Crippen LogP contribution is 2.36. The number of likely N-dealkylation sites (tertiary alicyclic amines) is 1. The molecule has 1 aliphatic carbocycles. The molecule has 3 nitrogen and oxygen atoms in total. The number of rotatable bonds is 3. The maximum atomic E-state index is 6.04. The van der Waals surface area contributed by atoms with Gasteiger partial charge >= 0.3 is 0 Å². The fraction of sp³-hybridized carbons (Fsp3) is 1.00. The Morgan fingerprint density at radius 1 is 1.19 bits per heavy atom. The molecule has 0 bridgehead atoms. The van der Waals surface area contributed by atoms with Gasteiger partial charge in [-0.2, -0.15) is 0 Å². The summed E-state index contributed by atoms with van der Waals surface area (Å²) in [6, 6.07) is 0.785. The van der Waals surface area contributed by atoms with Crippen molar-refractivity contribution in [2.75, 3.05) is 33.7 Å². The van der Waals surface area contributed by atoms with E-state index < -0.39 is 0 Å². The summed E-state index contributed by atoms with van der Waals surface area (Å²) in [5.41, 5.74) is 6.41. The first-order chi connectivity index (χ1) is 7.68. The predicted molar refractivity (Wildman–Crippen MR) is 68.5 cm³/mol. The molecule has 94 valence electrons.